The van der Waals surface area contributed by atoms with Gasteiger partial charge in [-0.05, 0) is 50.1 Å². The highest BCUT2D eigenvalue weighted by Gasteiger charge is 2.31. The predicted octanol–water partition coefficient (Wildman–Crippen LogP) is 3.39. The number of nitrogens with one attached hydrogen (secondary N) is 2. The molecule has 0 aliphatic carbocycles. The molecule has 0 radical (unpaired) electrons. The lowest BCUT2D eigenvalue weighted by Gasteiger charge is -2.28. The summed E-state index contributed by atoms with van der Waals surface area (Å²) in [7, 11) is 0. The van der Waals surface area contributed by atoms with Gasteiger partial charge in [-0.2, -0.15) is 0 Å². The number of aromatic amines is 1. The summed E-state index contributed by atoms with van der Waals surface area (Å²) in [6.07, 6.45) is -1.03. The fraction of sp³-hybridized carbons (Fsp3) is 0.304. The number of aromatic nitrogens is 1. The summed E-state index contributed by atoms with van der Waals surface area (Å²) in [5.41, 5.74) is 2.04. The fourth-order valence-corrected chi connectivity index (χ4v) is 3.66. The van der Waals surface area contributed by atoms with Crippen LogP contribution in [0.15, 0.2) is 54.6 Å². The number of hydrogen-bond acceptors (Lipinski definition) is 3. The first kappa shape index (κ1) is 21.9. The average molecular weight is 428 g/mol. The van der Waals surface area contributed by atoms with E-state index >= 15 is 0 Å². The Kier molecular flexibility index (Phi) is 7.13. The van der Waals surface area contributed by atoms with Crippen LogP contribution in [0.5, 0.6) is 0 Å². The molecule has 1 heterocycles. The highest BCUT2D eigenvalue weighted by atomic mass is 35.5. The molecule has 0 saturated carbocycles. The molecule has 158 valence electrons. The quantitative estimate of drug-likeness (QED) is 0.515. The Hall–Kier alpha value is -2.83. The molecule has 0 spiro atoms. The van der Waals surface area contributed by atoms with Crippen LogP contribution in [0.3, 0.4) is 0 Å². The van der Waals surface area contributed by atoms with Gasteiger partial charge in [-0.3, -0.25) is 9.59 Å². The van der Waals surface area contributed by atoms with Gasteiger partial charge in [0.05, 0.1) is 6.04 Å². The Morgan fingerprint density at radius 2 is 1.80 bits per heavy atom. The number of halogens is 1. The van der Waals surface area contributed by atoms with Crippen molar-refractivity contribution in [2.75, 3.05) is 13.1 Å². The van der Waals surface area contributed by atoms with Crippen molar-refractivity contribution in [1.82, 2.24) is 15.2 Å². The van der Waals surface area contributed by atoms with Gasteiger partial charge in [0.2, 0.25) is 0 Å². The van der Waals surface area contributed by atoms with E-state index in [0.29, 0.717) is 30.2 Å². The van der Waals surface area contributed by atoms with E-state index in [-0.39, 0.29) is 0 Å². The van der Waals surface area contributed by atoms with Crippen molar-refractivity contribution >= 4 is 34.3 Å². The van der Waals surface area contributed by atoms with E-state index in [2.05, 4.69) is 10.3 Å². The zero-order valence-corrected chi connectivity index (χ0v) is 17.8. The highest BCUT2D eigenvalue weighted by Crippen LogP contribution is 2.20. The van der Waals surface area contributed by atoms with Gasteiger partial charge < -0.3 is 20.3 Å². The average Bonchev–Trinajstić information content (AvgIpc) is 3.17. The van der Waals surface area contributed by atoms with Crippen LogP contribution >= 0.6 is 11.6 Å². The number of rotatable bonds is 8. The maximum absolute atomic E-state index is 12.9. The van der Waals surface area contributed by atoms with Gasteiger partial charge in [-0.1, -0.05) is 41.9 Å². The molecule has 2 amide bonds. The number of nitrogens with zero attached hydrogens (tertiary/aromatic N) is 1. The number of aliphatic hydroxyl groups excluding tert-OH is 1. The van der Waals surface area contributed by atoms with E-state index in [9.17, 15) is 14.7 Å². The van der Waals surface area contributed by atoms with Gasteiger partial charge in [-0.25, -0.2) is 0 Å². The maximum atomic E-state index is 12.9. The summed E-state index contributed by atoms with van der Waals surface area (Å²) in [6, 6.07) is 15.7. The molecule has 3 aromatic rings. The van der Waals surface area contributed by atoms with E-state index in [0.717, 1.165) is 16.5 Å². The molecule has 0 aliphatic heterocycles. The molecule has 0 bridgehead atoms. The van der Waals surface area contributed by atoms with Crippen molar-refractivity contribution in [3.63, 3.8) is 0 Å². The third kappa shape index (κ3) is 5.01. The van der Waals surface area contributed by atoms with Crippen LogP contribution < -0.4 is 5.32 Å². The summed E-state index contributed by atoms with van der Waals surface area (Å²) in [6.45, 7) is 4.69. The van der Waals surface area contributed by atoms with Crippen molar-refractivity contribution in [1.29, 1.82) is 0 Å². The Morgan fingerprint density at radius 1 is 1.10 bits per heavy atom. The molecule has 3 N–H and O–H groups in total. The Labute approximate surface area is 180 Å². The summed E-state index contributed by atoms with van der Waals surface area (Å²) < 4.78 is 0. The fourth-order valence-electron chi connectivity index (χ4n) is 3.48. The van der Waals surface area contributed by atoms with Crippen molar-refractivity contribution < 1.29 is 14.7 Å². The van der Waals surface area contributed by atoms with Crippen molar-refractivity contribution in [2.24, 2.45) is 0 Å². The maximum Gasteiger partial charge on any atom is 0.268 e. The molecule has 2 aromatic carbocycles. The Bertz CT molecular complexity index is 1010. The minimum atomic E-state index is -1.35. The predicted molar refractivity (Wildman–Crippen MR) is 119 cm³/mol. The summed E-state index contributed by atoms with van der Waals surface area (Å²) in [4.78, 5) is 30.3. The molecule has 2 atom stereocenters. The first-order chi connectivity index (χ1) is 14.4. The molecule has 0 aliphatic rings. The van der Waals surface area contributed by atoms with Gasteiger partial charge in [0.25, 0.3) is 11.8 Å². The summed E-state index contributed by atoms with van der Waals surface area (Å²) in [5, 5.41) is 15.0. The molecule has 30 heavy (non-hydrogen) atoms. The second-order valence-corrected chi connectivity index (χ2v) is 7.58. The van der Waals surface area contributed by atoms with Gasteiger partial charge in [0.15, 0.2) is 6.10 Å². The van der Waals surface area contributed by atoms with Gasteiger partial charge in [0.1, 0.15) is 5.69 Å². The van der Waals surface area contributed by atoms with Crippen molar-refractivity contribution in [2.45, 2.75) is 32.4 Å². The third-order valence-corrected chi connectivity index (χ3v) is 5.39. The highest BCUT2D eigenvalue weighted by molar-refractivity contribution is 6.31. The van der Waals surface area contributed by atoms with Crippen molar-refractivity contribution in [3.05, 3.63) is 70.9 Å². The third-order valence-electron chi connectivity index (χ3n) is 5.15. The number of carbonyl (C=O) groups is 2. The molecule has 6 nitrogen and oxygen atoms in total. The summed E-state index contributed by atoms with van der Waals surface area (Å²) in [5.74, 6) is -0.792. The second-order valence-electron chi connectivity index (χ2n) is 7.14. The standard InChI is InChI=1S/C23H26ClN3O3/c1-3-27(4-2)23(30)21(28)19(12-15-8-6-5-7-9-15)26-22(29)20-14-16-13-17(24)10-11-18(16)25-20/h5-11,13-14,19,21,25,28H,3-4,12H2,1-2H3,(H,26,29)/t19-,21+/m0/s1. The monoisotopic (exact) mass is 427 g/mol. The Morgan fingerprint density at radius 3 is 2.47 bits per heavy atom. The topological polar surface area (TPSA) is 85.4 Å². The first-order valence-electron chi connectivity index (χ1n) is 10.0. The number of H-pyrrole nitrogens is 1. The molecule has 3 rings (SSSR count). The molecule has 0 saturated heterocycles. The number of fused-ring (bicyclic) bond motifs is 1. The molecule has 1 aromatic heterocycles. The summed E-state index contributed by atoms with van der Waals surface area (Å²) >= 11 is 6.03. The number of hydrogen-bond donors (Lipinski definition) is 3. The molecular weight excluding hydrogens is 402 g/mol. The van der Waals surface area contributed by atoms with E-state index in [1.165, 1.54) is 0 Å². The van der Waals surface area contributed by atoms with Crippen LogP contribution in [0.4, 0.5) is 0 Å². The molecule has 7 heteroatoms. The number of aliphatic hydroxyl groups is 1. The van der Waals surface area contributed by atoms with Crippen LogP contribution in [0.1, 0.15) is 29.9 Å². The largest absolute Gasteiger partial charge is 0.381 e. The SMILES string of the molecule is CCN(CC)C(=O)[C@H](O)[C@H](Cc1ccccc1)NC(=O)c1cc2cc(Cl)ccc2[nH]1. The van der Waals surface area contributed by atoms with Gasteiger partial charge in [0, 0.05) is 29.0 Å². The lowest BCUT2D eigenvalue weighted by atomic mass is 10.00. The number of likely N-dealkylation sites (N-methyl/N-ethyl adjacent to an activating group) is 1. The molecule has 0 fully saturated rings. The smallest absolute Gasteiger partial charge is 0.268 e. The van der Waals surface area contributed by atoms with Crippen LogP contribution in [-0.2, 0) is 11.2 Å². The van der Waals surface area contributed by atoms with Crippen molar-refractivity contribution in [3.8, 4) is 0 Å². The van der Waals surface area contributed by atoms with Crippen LogP contribution in [0.2, 0.25) is 5.02 Å². The number of carbonyl (C=O) groups excluding carboxylic acids is 2. The second kappa shape index (κ2) is 9.78. The van der Waals surface area contributed by atoms with Crippen LogP contribution in [0.25, 0.3) is 10.9 Å². The minimum absolute atomic E-state index is 0.326. The van der Waals surface area contributed by atoms with Crippen LogP contribution in [-0.4, -0.2) is 52.0 Å². The number of amides is 2. The molecule has 0 unspecified atom stereocenters. The van der Waals surface area contributed by atoms with Gasteiger partial charge >= 0.3 is 0 Å². The lowest BCUT2D eigenvalue weighted by molar-refractivity contribution is -0.141. The lowest BCUT2D eigenvalue weighted by Crippen LogP contribution is -2.52. The zero-order chi connectivity index (χ0) is 21.7. The molecular formula is C23H26ClN3O3. The normalized spacial score (nSPS) is 13.1. The van der Waals surface area contributed by atoms with Gasteiger partial charge in [-0.15, -0.1) is 0 Å². The van der Waals surface area contributed by atoms with E-state index in [4.69, 9.17) is 11.6 Å². The zero-order valence-electron chi connectivity index (χ0n) is 17.1. The van der Waals surface area contributed by atoms with Crippen LogP contribution in [0, 0.1) is 0 Å². The first-order valence-corrected chi connectivity index (χ1v) is 10.4. The minimum Gasteiger partial charge on any atom is -0.381 e. The Balaban J connectivity index is 1.84. The number of benzene rings is 2. The van der Waals surface area contributed by atoms with E-state index in [1.807, 2.05) is 44.2 Å². The van der Waals surface area contributed by atoms with E-state index in [1.54, 1.807) is 29.2 Å². The van der Waals surface area contributed by atoms with E-state index < -0.39 is 24.0 Å².